The van der Waals surface area contributed by atoms with Gasteiger partial charge in [-0.3, -0.25) is 14.2 Å². The molecule has 5 aromatic rings. The molecule has 0 atom stereocenters. The number of nitrogens with zero attached hydrogens (tertiary/aromatic N) is 4. The molecule has 5 rings (SSSR count). The zero-order chi connectivity index (χ0) is 21.4. The Morgan fingerprint density at radius 1 is 0.968 bits per heavy atom. The molecule has 1 N–H and O–H groups in total. The van der Waals surface area contributed by atoms with Gasteiger partial charge in [0.25, 0.3) is 5.56 Å². The predicted molar refractivity (Wildman–Crippen MR) is 116 cm³/mol. The van der Waals surface area contributed by atoms with Crippen LogP contribution in [0.15, 0.2) is 84.0 Å². The van der Waals surface area contributed by atoms with Crippen LogP contribution in [-0.4, -0.2) is 25.2 Å². The van der Waals surface area contributed by atoms with Crippen LogP contribution in [0.2, 0.25) is 0 Å². The minimum Gasteiger partial charge on any atom is -0.324 e. The lowest BCUT2D eigenvalue weighted by Gasteiger charge is -2.10. The van der Waals surface area contributed by atoms with Crippen molar-refractivity contribution < 1.29 is 9.18 Å². The maximum Gasteiger partial charge on any atom is 0.264 e. The zero-order valence-corrected chi connectivity index (χ0v) is 16.2. The van der Waals surface area contributed by atoms with E-state index in [0.717, 1.165) is 10.8 Å². The first kappa shape index (κ1) is 18.7. The lowest BCUT2D eigenvalue weighted by Crippen LogP contribution is -2.27. The fourth-order valence-electron chi connectivity index (χ4n) is 3.51. The maximum absolute atomic E-state index is 13.2. The monoisotopic (exact) mass is 413 g/mol. The van der Waals surface area contributed by atoms with E-state index in [0.29, 0.717) is 17.0 Å². The van der Waals surface area contributed by atoms with E-state index >= 15 is 0 Å². The average Bonchev–Trinajstić information content (AvgIpc) is 3.21. The van der Waals surface area contributed by atoms with Gasteiger partial charge in [0.05, 0.1) is 11.9 Å². The van der Waals surface area contributed by atoms with Gasteiger partial charge in [0.15, 0.2) is 5.65 Å². The summed E-state index contributed by atoms with van der Waals surface area (Å²) >= 11 is 0. The molecule has 31 heavy (non-hydrogen) atoms. The summed E-state index contributed by atoms with van der Waals surface area (Å²) in [6, 6.07) is 19.1. The van der Waals surface area contributed by atoms with Gasteiger partial charge in [-0.1, -0.05) is 36.4 Å². The van der Waals surface area contributed by atoms with Crippen molar-refractivity contribution >= 4 is 33.4 Å². The largest absolute Gasteiger partial charge is 0.324 e. The summed E-state index contributed by atoms with van der Waals surface area (Å²) in [4.78, 5) is 29.8. The second kappa shape index (κ2) is 7.49. The van der Waals surface area contributed by atoms with Crippen LogP contribution in [0.3, 0.4) is 0 Å². The minimum absolute atomic E-state index is 0.188. The highest BCUT2D eigenvalue weighted by atomic mass is 19.1. The number of anilines is 1. The molecule has 0 fully saturated rings. The third kappa shape index (κ3) is 3.44. The number of nitrogens with one attached hydrogen (secondary N) is 1. The number of amides is 1. The SMILES string of the molecule is O=C(Cn1cnc2c(cnn2-c2ccc(F)cc2)c1=O)Nc1cccc2ccccc12. The van der Waals surface area contributed by atoms with Crippen LogP contribution in [0, 0.1) is 5.82 Å². The van der Waals surface area contributed by atoms with E-state index in [1.54, 1.807) is 12.1 Å². The minimum atomic E-state index is -0.383. The smallest absolute Gasteiger partial charge is 0.264 e. The predicted octanol–water partition coefficient (Wildman–Crippen LogP) is 3.51. The average molecular weight is 413 g/mol. The number of carbonyl (C=O) groups is 1. The molecule has 0 saturated carbocycles. The van der Waals surface area contributed by atoms with Crippen molar-refractivity contribution in [3.8, 4) is 5.69 Å². The van der Waals surface area contributed by atoms with Gasteiger partial charge in [-0.05, 0) is 35.7 Å². The van der Waals surface area contributed by atoms with E-state index in [-0.39, 0.29) is 29.2 Å². The first-order chi connectivity index (χ1) is 15.1. The molecule has 0 aliphatic rings. The molecular formula is C23H16FN5O2. The third-order valence-corrected chi connectivity index (χ3v) is 5.00. The number of fused-ring (bicyclic) bond motifs is 2. The summed E-state index contributed by atoms with van der Waals surface area (Å²) in [5.41, 5.74) is 1.21. The maximum atomic E-state index is 13.2. The summed E-state index contributed by atoms with van der Waals surface area (Å²) in [7, 11) is 0. The van der Waals surface area contributed by atoms with E-state index in [9.17, 15) is 14.0 Å². The van der Waals surface area contributed by atoms with Gasteiger partial charge in [-0.25, -0.2) is 14.1 Å². The van der Waals surface area contributed by atoms with E-state index in [4.69, 9.17) is 0 Å². The van der Waals surface area contributed by atoms with Crippen molar-refractivity contribution in [3.05, 3.63) is 95.4 Å². The Kier molecular flexibility index (Phi) is 4.51. The summed E-state index contributed by atoms with van der Waals surface area (Å²) in [6.45, 7) is -0.188. The van der Waals surface area contributed by atoms with E-state index in [1.165, 1.54) is 33.9 Å². The molecule has 0 saturated heterocycles. The number of aromatic nitrogens is 4. The summed E-state index contributed by atoms with van der Waals surface area (Å²) < 4.78 is 15.9. The van der Waals surface area contributed by atoms with Crippen molar-refractivity contribution in [2.24, 2.45) is 0 Å². The number of benzene rings is 3. The molecule has 0 aliphatic heterocycles. The molecule has 2 heterocycles. The molecule has 0 spiro atoms. The van der Waals surface area contributed by atoms with Gasteiger partial charge < -0.3 is 5.32 Å². The number of carbonyl (C=O) groups excluding carboxylic acids is 1. The molecule has 0 unspecified atom stereocenters. The standard InChI is InChI=1S/C23H16FN5O2/c24-16-8-10-17(11-9-16)29-22-19(12-26-29)23(31)28(14-25-22)13-21(30)27-20-7-3-5-15-4-1-2-6-18(15)20/h1-12,14H,13H2,(H,27,30). The summed E-state index contributed by atoms with van der Waals surface area (Å²) in [5, 5.41) is 9.25. The quantitative estimate of drug-likeness (QED) is 0.489. The van der Waals surface area contributed by atoms with Crippen molar-refractivity contribution in [2.45, 2.75) is 6.54 Å². The van der Waals surface area contributed by atoms with Gasteiger partial charge in [-0.15, -0.1) is 0 Å². The molecule has 7 nitrogen and oxygen atoms in total. The van der Waals surface area contributed by atoms with Crippen LogP contribution in [0.1, 0.15) is 0 Å². The molecule has 8 heteroatoms. The molecule has 1 amide bonds. The fourth-order valence-corrected chi connectivity index (χ4v) is 3.51. The van der Waals surface area contributed by atoms with Crippen molar-refractivity contribution in [1.82, 2.24) is 19.3 Å². The number of hydrogen-bond donors (Lipinski definition) is 1. The second-order valence-corrected chi connectivity index (χ2v) is 7.02. The Hall–Kier alpha value is -4.33. The zero-order valence-electron chi connectivity index (χ0n) is 16.2. The highest BCUT2D eigenvalue weighted by molar-refractivity contribution is 6.02. The van der Waals surface area contributed by atoms with E-state index < -0.39 is 0 Å². The Labute approximate surface area is 175 Å². The highest BCUT2D eigenvalue weighted by Crippen LogP contribution is 2.23. The van der Waals surface area contributed by atoms with Gasteiger partial charge in [0.1, 0.15) is 24.1 Å². The lowest BCUT2D eigenvalue weighted by molar-refractivity contribution is -0.116. The molecule has 0 radical (unpaired) electrons. The highest BCUT2D eigenvalue weighted by Gasteiger charge is 2.14. The third-order valence-electron chi connectivity index (χ3n) is 5.00. The molecular weight excluding hydrogens is 397 g/mol. The fraction of sp³-hybridized carbons (Fsp3) is 0.0435. The molecule has 0 bridgehead atoms. The van der Waals surface area contributed by atoms with Gasteiger partial charge in [0, 0.05) is 11.1 Å². The van der Waals surface area contributed by atoms with Gasteiger partial charge in [-0.2, -0.15) is 5.10 Å². The van der Waals surface area contributed by atoms with Gasteiger partial charge in [0.2, 0.25) is 5.91 Å². The summed E-state index contributed by atoms with van der Waals surface area (Å²) in [5.74, 6) is -0.710. The Balaban J connectivity index is 1.43. The molecule has 152 valence electrons. The van der Waals surface area contributed by atoms with Crippen LogP contribution in [0.25, 0.3) is 27.5 Å². The topological polar surface area (TPSA) is 81.8 Å². The van der Waals surface area contributed by atoms with Crippen molar-refractivity contribution in [1.29, 1.82) is 0 Å². The number of halogens is 1. The van der Waals surface area contributed by atoms with Crippen LogP contribution in [0.5, 0.6) is 0 Å². The van der Waals surface area contributed by atoms with E-state index in [1.807, 2.05) is 42.5 Å². The van der Waals surface area contributed by atoms with Crippen LogP contribution < -0.4 is 10.9 Å². The van der Waals surface area contributed by atoms with Gasteiger partial charge >= 0.3 is 0 Å². The summed E-state index contributed by atoms with van der Waals surface area (Å²) in [6.07, 6.45) is 2.71. The first-order valence-electron chi connectivity index (χ1n) is 9.57. The first-order valence-corrected chi connectivity index (χ1v) is 9.57. The number of hydrogen-bond acceptors (Lipinski definition) is 4. The normalized spacial score (nSPS) is 11.1. The lowest BCUT2D eigenvalue weighted by atomic mass is 10.1. The Morgan fingerprint density at radius 2 is 1.74 bits per heavy atom. The van der Waals surface area contributed by atoms with Crippen molar-refractivity contribution in [2.75, 3.05) is 5.32 Å². The molecule has 2 aromatic heterocycles. The number of rotatable bonds is 4. The van der Waals surface area contributed by atoms with E-state index in [2.05, 4.69) is 15.4 Å². The van der Waals surface area contributed by atoms with Crippen LogP contribution >= 0.6 is 0 Å². The second-order valence-electron chi connectivity index (χ2n) is 7.02. The van der Waals surface area contributed by atoms with Crippen molar-refractivity contribution in [3.63, 3.8) is 0 Å². The molecule has 0 aliphatic carbocycles. The van der Waals surface area contributed by atoms with Crippen LogP contribution in [-0.2, 0) is 11.3 Å². The Morgan fingerprint density at radius 3 is 2.58 bits per heavy atom. The van der Waals surface area contributed by atoms with Crippen LogP contribution in [0.4, 0.5) is 10.1 Å². The molecule has 3 aromatic carbocycles. The Bertz CT molecular complexity index is 1480.